The largest absolute Gasteiger partial charge is 0.360 e. The Morgan fingerprint density at radius 1 is 1.25 bits per heavy atom. The molecule has 0 spiro atoms. The van der Waals surface area contributed by atoms with E-state index in [-0.39, 0.29) is 6.04 Å². The van der Waals surface area contributed by atoms with Crippen LogP contribution in [0.4, 0.5) is 5.69 Å². The molecule has 24 heavy (non-hydrogen) atoms. The first kappa shape index (κ1) is 17.1. The molecule has 3 aromatic rings. The van der Waals surface area contributed by atoms with Gasteiger partial charge in [0.05, 0.1) is 10.2 Å². The molecule has 0 unspecified atom stereocenters. The number of aromatic nitrogens is 1. The van der Waals surface area contributed by atoms with Gasteiger partial charge in [0.1, 0.15) is 5.01 Å². The Kier molecular flexibility index (Phi) is 5.04. The Hall–Kier alpha value is -1.69. The summed E-state index contributed by atoms with van der Waals surface area (Å²) in [6.45, 7) is 6.10. The van der Waals surface area contributed by atoms with Crippen LogP contribution in [0.5, 0.6) is 0 Å². The smallest absolute Gasteiger partial charge is 0.170 e. The molecule has 0 saturated carbocycles. The number of hydrogen-bond donors (Lipinski definition) is 2. The van der Waals surface area contributed by atoms with Crippen LogP contribution in [-0.4, -0.2) is 16.1 Å². The van der Waals surface area contributed by atoms with Crippen molar-refractivity contribution in [2.24, 2.45) is 0 Å². The van der Waals surface area contributed by atoms with E-state index in [1.165, 1.54) is 4.70 Å². The summed E-state index contributed by atoms with van der Waals surface area (Å²) >= 11 is 13.4. The monoisotopic (exact) mass is 375 g/mol. The van der Waals surface area contributed by atoms with E-state index in [4.69, 9.17) is 28.8 Å². The SMILES string of the molecule is Cc1c(Cl)cc(NC(=S)NC(C)C)cc1-c1nc2ccccc2s1. The maximum Gasteiger partial charge on any atom is 0.170 e. The molecule has 0 bridgehead atoms. The quantitative estimate of drug-likeness (QED) is 0.582. The second-order valence-corrected chi connectivity index (χ2v) is 7.72. The normalized spacial score (nSPS) is 11.0. The van der Waals surface area contributed by atoms with Crippen LogP contribution in [0.3, 0.4) is 0 Å². The van der Waals surface area contributed by atoms with Gasteiger partial charge in [0.2, 0.25) is 0 Å². The predicted molar refractivity (Wildman–Crippen MR) is 109 cm³/mol. The first-order valence-electron chi connectivity index (χ1n) is 7.67. The lowest BCUT2D eigenvalue weighted by atomic mass is 10.1. The molecule has 1 aromatic heterocycles. The van der Waals surface area contributed by atoms with Crippen LogP contribution in [0.1, 0.15) is 19.4 Å². The molecule has 0 saturated heterocycles. The number of nitrogens with one attached hydrogen (secondary N) is 2. The van der Waals surface area contributed by atoms with Crippen LogP contribution in [0.15, 0.2) is 36.4 Å². The molecule has 0 aliphatic heterocycles. The van der Waals surface area contributed by atoms with Crippen LogP contribution in [-0.2, 0) is 0 Å². The lowest BCUT2D eigenvalue weighted by molar-refractivity contribution is 0.739. The van der Waals surface area contributed by atoms with E-state index in [2.05, 4.69) is 16.7 Å². The fourth-order valence-electron chi connectivity index (χ4n) is 2.39. The van der Waals surface area contributed by atoms with Crippen molar-refractivity contribution in [3.05, 3.63) is 47.0 Å². The summed E-state index contributed by atoms with van der Waals surface area (Å²) in [4.78, 5) is 4.74. The minimum Gasteiger partial charge on any atom is -0.360 e. The number of nitrogens with zero attached hydrogens (tertiary/aromatic N) is 1. The lowest BCUT2D eigenvalue weighted by Gasteiger charge is -2.15. The van der Waals surface area contributed by atoms with Crippen LogP contribution in [0.25, 0.3) is 20.8 Å². The maximum absolute atomic E-state index is 6.43. The third-order valence-corrected chi connectivity index (χ3v) is 5.23. The van der Waals surface area contributed by atoms with Gasteiger partial charge in [0.25, 0.3) is 0 Å². The van der Waals surface area contributed by atoms with Gasteiger partial charge in [0.15, 0.2) is 5.11 Å². The molecular formula is C18H18ClN3S2. The van der Waals surface area contributed by atoms with Crippen molar-refractivity contribution in [3.63, 3.8) is 0 Å². The summed E-state index contributed by atoms with van der Waals surface area (Å²) in [6, 6.07) is 12.3. The van der Waals surface area contributed by atoms with Crippen molar-refractivity contribution in [1.29, 1.82) is 0 Å². The van der Waals surface area contributed by atoms with Crippen LogP contribution in [0.2, 0.25) is 5.02 Å². The zero-order valence-electron chi connectivity index (χ0n) is 13.7. The van der Waals surface area contributed by atoms with Gasteiger partial charge in [0, 0.05) is 22.3 Å². The number of anilines is 1. The van der Waals surface area contributed by atoms with E-state index in [9.17, 15) is 0 Å². The summed E-state index contributed by atoms with van der Waals surface area (Å²) in [5.41, 5.74) is 3.91. The van der Waals surface area contributed by atoms with Crippen molar-refractivity contribution in [3.8, 4) is 10.6 Å². The first-order valence-corrected chi connectivity index (χ1v) is 9.28. The molecule has 2 aromatic carbocycles. The van der Waals surface area contributed by atoms with Crippen molar-refractivity contribution in [1.82, 2.24) is 10.3 Å². The number of fused-ring (bicyclic) bond motifs is 1. The van der Waals surface area contributed by atoms with E-state index in [0.717, 1.165) is 27.3 Å². The minimum absolute atomic E-state index is 0.273. The highest BCUT2D eigenvalue weighted by Crippen LogP contribution is 2.36. The van der Waals surface area contributed by atoms with E-state index in [1.807, 2.05) is 51.1 Å². The van der Waals surface area contributed by atoms with Crippen molar-refractivity contribution in [2.75, 3.05) is 5.32 Å². The second kappa shape index (κ2) is 7.05. The summed E-state index contributed by atoms with van der Waals surface area (Å²) in [7, 11) is 0. The number of para-hydroxylation sites is 1. The number of halogens is 1. The van der Waals surface area contributed by atoms with E-state index >= 15 is 0 Å². The van der Waals surface area contributed by atoms with Gasteiger partial charge in [-0.3, -0.25) is 0 Å². The van der Waals surface area contributed by atoms with Gasteiger partial charge in [-0.05, 0) is 62.8 Å². The van der Waals surface area contributed by atoms with Crippen LogP contribution >= 0.6 is 35.2 Å². The van der Waals surface area contributed by atoms with Gasteiger partial charge in [-0.2, -0.15) is 0 Å². The highest BCUT2D eigenvalue weighted by Gasteiger charge is 2.13. The molecule has 0 amide bonds. The Balaban J connectivity index is 1.99. The molecule has 0 atom stereocenters. The van der Waals surface area contributed by atoms with Gasteiger partial charge in [-0.25, -0.2) is 4.98 Å². The summed E-state index contributed by atoms with van der Waals surface area (Å²) < 4.78 is 1.17. The number of thiocarbonyl (C=S) groups is 1. The molecular weight excluding hydrogens is 358 g/mol. The number of rotatable bonds is 3. The molecule has 1 heterocycles. The van der Waals surface area contributed by atoms with E-state index in [0.29, 0.717) is 10.1 Å². The average Bonchev–Trinajstić information content (AvgIpc) is 2.93. The highest BCUT2D eigenvalue weighted by molar-refractivity contribution is 7.80. The molecule has 3 rings (SSSR count). The molecule has 0 fully saturated rings. The Morgan fingerprint density at radius 2 is 2.00 bits per heavy atom. The molecule has 2 N–H and O–H groups in total. The number of benzene rings is 2. The fraction of sp³-hybridized carbons (Fsp3) is 0.222. The molecule has 3 nitrogen and oxygen atoms in total. The molecule has 0 aliphatic carbocycles. The lowest BCUT2D eigenvalue weighted by Crippen LogP contribution is -2.33. The number of thiazole rings is 1. The summed E-state index contributed by atoms with van der Waals surface area (Å²) in [6.07, 6.45) is 0. The second-order valence-electron chi connectivity index (χ2n) is 5.87. The van der Waals surface area contributed by atoms with Crippen LogP contribution < -0.4 is 10.6 Å². The minimum atomic E-state index is 0.273. The number of hydrogen-bond acceptors (Lipinski definition) is 3. The molecule has 0 radical (unpaired) electrons. The summed E-state index contributed by atoms with van der Waals surface area (Å²) in [5.74, 6) is 0. The summed E-state index contributed by atoms with van der Waals surface area (Å²) in [5, 5.41) is 8.61. The fourth-order valence-corrected chi connectivity index (χ4v) is 4.00. The van der Waals surface area contributed by atoms with Crippen molar-refractivity contribution >= 4 is 56.2 Å². The highest BCUT2D eigenvalue weighted by atomic mass is 35.5. The van der Waals surface area contributed by atoms with E-state index < -0.39 is 0 Å². The Morgan fingerprint density at radius 3 is 2.71 bits per heavy atom. The van der Waals surface area contributed by atoms with Gasteiger partial charge in [-0.1, -0.05) is 23.7 Å². The predicted octanol–water partition coefficient (Wildman–Crippen LogP) is 5.62. The van der Waals surface area contributed by atoms with Crippen molar-refractivity contribution in [2.45, 2.75) is 26.8 Å². The van der Waals surface area contributed by atoms with E-state index in [1.54, 1.807) is 11.3 Å². The standard InChI is InChI=1S/C18H18ClN3S2/c1-10(2)20-18(23)21-12-8-13(11(3)14(19)9-12)17-22-15-6-4-5-7-16(15)24-17/h4-10H,1-3H3,(H2,20,21,23). The van der Waals surface area contributed by atoms with Gasteiger partial charge >= 0.3 is 0 Å². The topological polar surface area (TPSA) is 37.0 Å². The molecule has 124 valence electrons. The average molecular weight is 376 g/mol. The zero-order valence-corrected chi connectivity index (χ0v) is 16.1. The van der Waals surface area contributed by atoms with Gasteiger partial charge in [-0.15, -0.1) is 11.3 Å². The third kappa shape index (κ3) is 3.69. The third-order valence-electron chi connectivity index (χ3n) is 3.55. The Labute approximate surface area is 156 Å². The van der Waals surface area contributed by atoms with Gasteiger partial charge < -0.3 is 10.6 Å². The van der Waals surface area contributed by atoms with Crippen LogP contribution in [0, 0.1) is 6.92 Å². The Bertz CT molecular complexity index is 869. The van der Waals surface area contributed by atoms with Crippen molar-refractivity contribution < 1.29 is 0 Å². The molecule has 0 aliphatic rings. The first-order chi connectivity index (χ1) is 11.4. The molecule has 6 heteroatoms. The zero-order chi connectivity index (χ0) is 17.3. The maximum atomic E-state index is 6.43.